The summed E-state index contributed by atoms with van der Waals surface area (Å²) in [5.41, 5.74) is 1.15. The van der Waals surface area contributed by atoms with Crippen molar-refractivity contribution in [2.24, 2.45) is 0 Å². The number of nitrogens with zero attached hydrogens (tertiary/aromatic N) is 1. The molecule has 0 aliphatic rings. The predicted octanol–water partition coefficient (Wildman–Crippen LogP) is 1.22. The summed E-state index contributed by atoms with van der Waals surface area (Å²) in [6, 6.07) is 0. The van der Waals surface area contributed by atoms with Gasteiger partial charge in [-0.3, -0.25) is 9.89 Å². The van der Waals surface area contributed by atoms with E-state index >= 15 is 0 Å². The molecule has 5 heteroatoms. The molecule has 3 N–H and O–H groups in total. The molecule has 0 amide bonds. The maximum Gasteiger partial charge on any atom is 0.306 e. The molecule has 1 aromatic rings. The van der Waals surface area contributed by atoms with Gasteiger partial charge in [0, 0.05) is 16.7 Å². The van der Waals surface area contributed by atoms with E-state index in [-0.39, 0.29) is 11.8 Å². The molecular formula is C10H16N2O3. The third-order valence-electron chi connectivity index (χ3n) is 2.15. The number of aliphatic carboxylic acids is 1. The topological polar surface area (TPSA) is 86.2 Å². The molecule has 84 valence electrons. The minimum absolute atomic E-state index is 0.189. The molecule has 0 aromatic carbocycles. The van der Waals surface area contributed by atoms with Crippen LogP contribution in [0.1, 0.15) is 44.6 Å². The van der Waals surface area contributed by atoms with Crippen LogP contribution in [-0.2, 0) is 10.2 Å². The lowest BCUT2D eigenvalue weighted by Gasteiger charge is -2.20. The number of aliphatic hydroxyl groups excluding tert-OH is 1. The predicted molar refractivity (Wildman–Crippen MR) is 54.5 cm³/mol. The second-order valence-corrected chi connectivity index (χ2v) is 4.56. The zero-order valence-corrected chi connectivity index (χ0v) is 9.11. The molecule has 0 aliphatic carbocycles. The minimum atomic E-state index is -1.02. The van der Waals surface area contributed by atoms with Crippen molar-refractivity contribution >= 4 is 5.97 Å². The van der Waals surface area contributed by atoms with Gasteiger partial charge in [0.05, 0.1) is 18.7 Å². The Hall–Kier alpha value is -1.36. The van der Waals surface area contributed by atoms with Crippen LogP contribution in [0.4, 0.5) is 0 Å². The smallest absolute Gasteiger partial charge is 0.306 e. The number of rotatable bonds is 3. The third kappa shape index (κ3) is 2.79. The molecule has 0 radical (unpaired) electrons. The number of carboxylic acids is 1. The molecule has 0 saturated carbocycles. The number of carboxylic acid groups (broad SMARTS) is 1. The van der Waals surface area contributed by atoms with E-state index in [9.17, 15) is 9.90 Å². The number of H-pyrrole nitrogens is 1. The monoisotopic (exact) mass is 212 g/mol. The van der Waals surface area contributed by atoms with Gasteiger partial charge in [-0.1, -0.05) is 20.8 Å². The van der Waals surface area contributed by atoms with Crippen LogP contribution in [0.15, 0.2) is 6.20 Å². The summed E-state index contributed by atoms with van der Waals surface area (Å²) >= 11 is 0. The van der Waals surface area contributed by atoms with Crippen LogP contribution in [0.3, 0.4) is 0 Å². The summed E-state index contributed by atoms with van der Waals surface area (Å²) in [7, 11) is 0. The molecule has 0 saturated heterocycles. The minimum Gasteiger partial charge on any atom is -0.481 e. The largest absolute Gasteiger partial charge is 0.481 e. The Bertz CT molecular complexity index is 352. The molecule has 1 unspecified atom stereocenters. The SMILES string of the molecule is CC(C)(C)c1[nH]ncc1C(O)CC(=O)O. The van der Waals surface area contributed by atoms with Gasteiger partial charge in [-0.05, 0) is 0 Å². The van der Waals surface area contributed by atoms with E-state index in [0.29, 0.717) is 5.56 Å². The molecule has 0 aliphatic heterocycles. The van der Waals surface area contributed by atoms with Gasteiger partial charge in [0.1, 0.15) is 0 Å². The van der Waals surface area contributed by atoms with Gasteiger partial charge in [-0.2, -0.15) is 5.10 Å². The summed E-state index contributed by atoms with van der Waals surface area (Å²) < 4.78 is 0. The molecule has 1 aromatic heterocycles. The maximum atomic E-state index is 10.5. The Morgan fingerprint density at radius 2 is 2.20 bits per heavy atom. The van der Waals surface area contributed by atoms with Gasteiger partial charge in [-0.25, -0.2) is 0 Å². The Kier molecular flexibility index (Phi) is 3.14. The van der Waals surface area contributed by atoms with Crippen molar-refractivity contribution in [3.8, 4) is 0 Å². The van der Waals surface area contributed by atoms with Gasteiger partial charge in [0.15, 0.2) is 0 Å². The highest BCUT2D eigenvalue weighted by Gasteiger charge is 2.25. The van der Waals surface area contributed by atoms with Crippen LogP contribution in [0.25, 0.3) is 0 Å². The number of carbonyl (C=O) groups is 1. The van der Waals surface area contributed by atoms with Crippen molar-refractivity contribution in [1.29, 1.82) is 0 Å². The summed E-state index contributed by atoms with van der Waals surface area (Å²) in [6.07, 6.45) is 0.173. The molecular weight excluding hydrogens is 196 g/mol. The lowest BCUT2D eigenvalue weighted by atomic mass is 9.87. The lowest BCUT2D eigenvalue weighted by Crippen LogP contribution is -2.17. The van der Waals surface area contributed by atoms with Gasteiger partial charge in [0.25, 0.3) is 0 Å². The Labute approximate surface area is 88.1 Å². The second-order valence-electron chi connectivity index (χ2n) is 4.56. The first-order chi connectivity index (χ1) is 6.82. The highest BCUT2D eigenvalue weighted by atomic mass is 16.4. The van der Waals surface area contributed by atoms with Crippen molar-refractivity contribution < 1.29 is 15.0 Å². The van der Waals surface area contributed by atoms with E-state index in [1.165, 1.54) is 6.20 Å². The first-order valence-corrected chi connectivity index (χ1v) is 4.76. The molecule has 1 heterocycles. The van der Waals surface area contributed by atoms with E-state index in [4.69, 9.17) is 5.11 Å². The third-order valence-corrected chi connectivity index (χ3v) is 2.15. The fraction of sp³-hybridized carbons (Fsp3) is 0.600. The van der Waals surface area contributed by atoms with Crippen molar-refractivity contribution in [2.45, 2.75) is 38.7 Å². The quantitative estimate of drug-likeness (QED) is 0.703. The van der Waals surface area contributed by atoms with Crippen LogP contribution in [0.2, 0.25) is 0 Å². The summed E-state index contributed by atoms with van der Waals surface area (Å²) in [4.78, 5) is 10.5. The van der Waals surface area contributed by atoms with Gasteiger partial charge in [-0.15, -0.1) is 0 Å². The fourth-order valence-corrected chi connectivity index (χ4v) is 1.42. The van der Waals surface area contributed by atoms with Crippen LogP contribution in [-0.4, -0.2) is 26.4 Å². The van der Waals surface area contributed by atoms with Crippen LogP contribution in [0, 0.1) is 0 Å². The summed E-state index contributed by atoms with van der Waals surface area (Å²) in [6.45, 7) is 5.91. The second kappa shape index (κ2) is 4.02. The number of aromatic nitrogens is 2. The number of nitrogens with one attached hydrogen (secondary N) is 1. The fourth-order valence-electron chi connectivity index (χ4n) is 1.42. The average Bonchev–Trinajstić information content (AvgIpc) is 2.48. The van der Waals surface area contributed by atoms with Gasteiger partial charge in [0.2, 0.25) is 0 Å². The molecule has 15 heavy (non-hydrogen) atoms. The first kappa shape index (κ1) is 11.7. The molecule has 1 atom stereocenters. The highest BCUT2D eigenvalue weighted by Crippen LogP contribution is 2.28. The van der Waals surface area contributed by atoms with Crippen molar-refractivity contribution in [1.82, 2.24) is 10.2 Å². The van der Waals surface area contributed by atoms with Crippen LogP contribution >= 0.6 is 0 Å². The van der Waals surface area contributed by atoms with E-state index in [2.05, 4.69) is 10.2 Å². The average molecular weight is 212 g/mol. The van der Waals surface area contributed by atoms with Crippen molar-refractivity contribution in [2.75, 3.05) is 0 Å². The van der Waals surface area contributed by atoms with E-state index < -0.39 is 12.1 Å². The molecule has 0 spiro atoms. The number of hydrogen-bond donors (Lipinski definition) is 3. The Morgan fingerprint density at radius 3 is 2.67 bits per heavy atom. The summed E-state index contributed by atoms with van der Waals surface area (Å²) in [5, 5.41) is 24.9. The lowest BCUT2D eigenvalue weighted by molar-refractivity contribution is -0.139. The Balaban J connectivity index is 2.95. The number of aromatic amines is 1. The maximum absolute atomic E-state index is 10.5. The number of aliphatic hydroxyl groups is 1. The van der Waals surface area contributed by atoms with E-state index in [1.807, 2.05) is 20.8 Å². The van der Waals surface area contributed by atoms with Crippen molar-refractivity contribution in [3.05, 3.63) is 17.5 Å². The molecule has 0 fully saturated rings. The number of hydrogen-bond acceptors (Lipinski definition) is 3. The molecule has 0 bridgehead atoms. The van der Waals surface area contributed by atoms with Gasteiger partial charge >= 0.3 is 5.97 Å². The zero-order chi connectivity index (χ0) is 11.6. The standard InChI is InChI=1S/C10H16N2O3/c1-10(2,3)9-6(5-11-12-9)7(13)4-8(14)15/h5,7,13H,4H2,1-3H3,(H,11,12)(H,14,15). The van der Waals surface area contributed by atoms with Gasteiger partial charge < -0.3 is 10.2 Å². The van der Waals surface area contributed by atoms with E-state index in [0.717, 1.165) is 5.69 Å². The highest BCUT2D eigenvalue weighted by molar-refractivity contribution is 5.67. The normalized spacial score (nSPS) is 13.9. The van der Waals surface area contributed by atoms with Crippen molar-refractivity contribution in [3.63, 3.8) is 0 Å². The van der Waals surface area contributed by atoms with Crippen LogP contribution < -0.4 is 0 Å². The first-order valence-electron chi connectivity index (χ1n) is 4.76. The molecule has 5 nitrogen and oxygen atoms in total. The summed E-state index contributed by atoms with van der Waals surface area (Å²) in [5.74, 6) is -1.02. The molecule has 1 rings (SSSR count). The Morgan fingerprint density at radius 1 is 1.60 bits per heavy atom. The zero-order valence-electron chi connectivity index (χ0n) is 9.11. The van der Waals surface area contributed by atoms with E-state index in [1.54, 1.807) is 0 Å². The van der Waals surface area contributed by atoms with Crippen LogP contribution in [0.5, 0.6) is 0 Å².